The fraction of sp³-hybridized carbons (Fsp3) is 0.263. The van der Waals surface area contributed by atoms with E-state index in [1.165, 1.54) is 12.1 Å². The molecule has 6 heteroatoms. The zero-order chi connectivity index (χ0) is 17.4. The van der Waals surface area contributed by atoms with E-state index < -0.39 is 5.97 Å². The van der Waals surface area contributed by atoms with Crippen molar-refractivity contribution in [3.05, 3.63) is 53.8 Å². The van der Waals surface area contributed by atoms with Crippen molar-refractivity contribution in [1.82, 2.24) is 9.78 Å². The average Bonchev–Trinajstić information content (AvgIpc) is 3.01. The number of aromatic nitrogens is 2. The van der Waals surface area contributed by atoms with Gasteiger partial charge in [0.15, 0.2) is 0 Å². The van der Waals surface area contributed by atoms with Gasteiger partial charge in [-0.1, -0.05) is 12.1 Å². The highest BCUT2D eigenvalue weighted by molar-refractivity contribution is 5.98. The standard InChI is InChI=1S/C19H17FN2O3/c20-14-3-1-2-12(10-14)18-16-5-4-13(19(23)24)11-17(16)22(21-18)15-6-8-25-9-7-15/h1-5,10-11,15H,6-9H2,(H,23,24). The summed E-state index contributed by atoms with van der Waals surface area (Å²) in [5.74, 6) is -1.30. The average molecular weight is 340 g/mol. The smallest absolute Gasteiger partial charge is 0.335 e. The van der Waals surface area contributed by atoms with Crippen molar-refractivity contribution in [2.45, 2.75) is 18.9 Å². The summed E-state index contributed by atoms with van der Waals surface area (Å²) in [6.07, 6.45) is 1.63. The van der Waals surface area contributed by atoms with E-state index >= 15 is 0 Å². The van der Waals surface area contributed by atoms with Gasteiger partial charge in [0.2, 0.25) is 0 Å². The molecule has 4 rings (SSSR count). The molecule has 1 aromatic heterocycles. The lowest BCUT2D eigenvalue weighted by Gasteiger charge is -2.23. The van der Waals surface area contributed by atoms with E-state index in [0.717, 1.165) is 23.7 Å². The zero-order valence-electron chi connectivity index (χ0n) is 13.5. The molecule has 2 aromatic carbocycles. The van der Waals surface area contributed by atoms with Crippen molar-refractivity contribution >= 4 is 16.9 Å². The van der Waals surface area contributed by atoms with E-state index in [1.54, 1.807) is 24.3 Å². The summed E-state index contributed by atoms with van der Waals surface area (Å²) in [5.41, 5.74) is 2.31. The normalized spacial score (nSPS) is 15.6. The quantitative estimate of drug-likeness (QED) is 0.785. The van der Waals surface area contributed by atoms with Crippen molar-refractivity contribution in [3.63, 3.8) is 0 Å². The van der Waals surface area contributed by atoms with E-state index in [-0.39, 0.29) is 17.4 Å². The van der Waals surface area contributed by atoms with E-state index in [0.29, 0.717) is 24.5 Å². The molecular weight excluding hydrogens is 323 g/mol. The summed E-state index contributed by atoms with van der Waals surface area (Å²) in [5, 5.41) is 14.9. The minimum absolute atomic E-state index is 0.141. The number of nitrogens with zero attached hydrogens (tertiary/aromatic N) is 2. The molecule has 128 valence electrons. The molecule has 0 aliphatic carbocycles. The summed E-state index contributed by atoms with van der Waals surface area (Å²) in [6, 6.07) is 11.4. The first-order valence-corrected chi connectivity index (χ1v) is 8.23. The monoisotopic (exact) mass is 340 g/mol. The number of aromatic carboxylic acids is 1. The number of carboxylic acid groups (broad SMARTS) is 1. The van der Waals surface area contributed by atoms with Crippen LogP contribution in [0.2, 0.25) is 0 Å². The molecule has 1 aliphatic rings. The lowest BCUT2D eigenvalue weighted by atomic mass is 10.1. The number of benzene rings is 2. The Kier molecular flexibility index (Phi) is 3.97. The number of carbonyl (C=O) groups is 1. The second-order valence-corrected chi connectivity index (χ2v) is 6.18. The summed E-state index contributed by atoms with van der Waals surface area (Å²) >= 11 is 0. The molecule has 5 nitrogen and oxygen atoms in total. The largest absolute Gasteiger partial charge is 0.478 e. The maximum absolute atomic E-state index is 13.7. The Balaban J connectivity index is 1.93. The number of rotatable bonds is 3. The summed E-state index contributed by atoms with van der Waals surface area (Å²) in [6.45, 7) is 1.31. The molecule has 1 N–H and O–H groups in total. The van der Waals surface area contributed by atoms with Gasteiger partial charge in [-0.2, -0.15) is 5.10 Å². The van der Waals surface area contributed by atoms with Crippen molar-refractivity contribution in [3.8, 4) is 11.3 Å². The highest BCUT2D eigenvalue weighted by Gasteiger charge is 2.22. The Bertz CT molecular complexity index is 945. The first-order valence-electron chi connectivity index (χ1n) is 8.23. The SMILES string of the molecule is O=C(O)c1ccc2c(-c3cccc(F)c3)nn(C3CCOCC3)c2c1. The second kappa shape index (κ2) is 6.29. The van der Waals surface area contributed by atoms with Crippen LogP contribution in [0.3, 0.4) is 0 Å². The Morgan fingerprint density at radius 3 is 2.72 bits per heavy atom. The second-order valence-electron chi connectivity index (χ2n) is 6.18. The van der Waals surface area contributed by atoms with Gasteiger partial charge in [-0.25, -0.2) is 9.18 Å². The van der Waals surface area contributed by atoms with Gasteiger partial charge in [-0.3, -0.25) is 4.68 Å². The Morgan fingerprint density at radius 1 is 1.20 bits per heavy atom. The Morgan fingerprint density at radius 2 is 2.00 bits per heavy atom. The third-order valence-corrected chi connectivity index (χ3v) is 4.59. The maximum Gasteiger partial charge on any atom is 0.335 e. The van der Waals surface area contributed by atoms with Crippen LogP contribution in [0.1, 0.15) is 29.2 Å². The highest BCUT2D eigenvalue weighted by Crippen LogP contribution is 2.33. The van der Waals surface area contributed by atoms with Crippen LogP contribution in [0.4, 0.5) is 4.39 Å². The highest BCUT2D eigenvalue weighted by atomic mass is 19.1. The maximum atomic E-state index is 13.7. The van der Waals surface area contributed by atoms with Gasteiger partial charge < -0.3 is 9.84 Å². The topological polar surface area (TPSA) is 64.3 Å². The number of halogens is 1. The predicted molar refractivity (Wildman–Crippen MR) is 91.2 cm³/mol. The van der Waals surface area contributed by atoms with Crippen LogP contribution in [0.25, 0.3) is 22.2 Å². The summed E-state index contributed by atoms with van der Waals surface area (Å²) in [4.78, 5) is 11.4. The van der Waals surface area contributed by atoms with E-state index in [1.807, 2.05) is 10.7 Å². The van der Waals surface area contributed by atoms with Crippen LogP contribution in [0.5, 0.6) is 0 Å². The van der Waals surface area contributed by atoms with Crippen molar-refractivity contribution in [1.29, 1.82) is 0 Å². The minimum atomic E-state index is -0.978. The van der Waals surface area contributed by atoms with Crippen LogP contribution in [-0.2, 0) is 4.74 Å². The van der Waals surface area contributed by atoms with Gasteiger partial charge in [-0.15, -0.1) is 0 Å². The van der Waals surface area contributed by atoms with Crippen molar-refractivity contribution < 1.29 is 19.0 Å². The number of carboxylic acids is 1. The lowest BCUT2D eigenvalue weighted by molar-refractivity contribution is 0.0673. The van der Waals surface area contributed by atoms with Gasteiger partial charge in [0.25, 0.3) is 0 Å². The Hall–Kier alpha value is -2.73. The number of hydrogen-bond donors (Lipinski definition) is 1. The molecule has 1 saturated heterocycles. The van der Waals surface area contributed by atoms with Gasteiger partial charge in [-0.05, 0) is 43.2 Å². The molecular formula is C19H17FN2O3. The molecule has 25 heavy (non-hydrogen) atoms. The molecule has 2 heterocycles. The molecule has 1 fully saturated rings. The van der Waals surface area contributed by atoms with Crippen LogP contribution in [0, 0.1) is 5.82 Å². The molecule has 0 bridgehead atoms. The van der Waals surface area contributed by atoms with Gasteiger partial charge in [0, 0.05) is 24.2 Å². The number of fused-ring (bicyclic) bond motifs is 1. The van der Waals surface area contributed by atoms with E-state index in [9.17, 15) is 14.3 Å². The van der Waals surface area contributed by atoms with Gasteiger partial charge in [0.1, 0.15) is 11.5 Å². The molecule has 1 aliphatic heterocycles. The van der Waals surface area contributed by atoms with Crippen molar-refractivity contribution in [2.24, 2.45) is 0 Å². The van der Waals surface area contributed by atoms with Crippen LogP contribution in [-0.4, -0.2) is 34.1 Å². The van der Waals surface area contributed by atoms with E-state index in [2.05, 4.69) is 0 Å². The molecule has 3 aromatic rings. The molecule has 0 radical (unpaired) electrons. The zero-order valence-corrected chi connectivity index (χ0v) is 13.5. The van der Waals surface area contributed by atoms with E-state index in [4.69, 9.17) is 9.84 Å². The van der Waals surface area contributed by atoms with Crippen molar-refractivity contribution in [2.75, 3.05) is 13.2 Å². The third kappa shape index (κ3) is 2.89. The van der Waals surface area contributed by atoms with Crippen LogP contribution < -0.4 is 0 Å². The molecule has 0 unspecified atom stereocenters. The first-order chi connectivity index (χ1) is 12.1. The molecule has 0 spiro atoms. The predicted octanol–water partition coefficient (Wildman–Crippen LogP) is 3.89. The summed E-state index contributed by atoms with van der Waals surface area (Å²) in [7, 11) is 0. The summed E-state index contributed by atoms with van der Waals surface area (Å²) < 4.78 is 21.0. The fourth-order valence-electron chi connectivity index (χ4n) is 3.33. The van der Waals surface area contributed by atoms with Gasteiger partial charge >= 0.3 is 5.97 Å². The number of ether oxygens (including phenoxy) is 1. The minimum Gasteiger partial charge on any atom is -0.478 e. The third-order valence-electron chi connectivity index (χ3n) is 4.59. The van der Waals surface area contributed by atoms with Crippen LogP contribution >= 0.6 is 0 Å². The molecule has 0 saturated carbocycles. The Labute approximate surface area is 143 Å². The van der Waals surface area contributed by atoms with Gasteiger partial charge in [0.05, 0.1) is 17.1 Å². The lowest BCUT2D eigenvalue weighted by Crippen LogP contribution is -2.20. The molecule has 0 amide bonds. The first kappa shape index (κ1) is 15.8. The fourth-order valence-corrected chi connectivity index (χ4v) is 3.33. The molecule has 0 atom stereocenters. The van der Waals surface area contributed by atoms with Crippen LogP contribution in [0.15, 0.2) is 42.5 Å². The number of hydrogen-bond acceptors (Lipinski definition) is 3.